The van der Waals surface area contributed by atoms with Crippen molar-refractivity contribution in [3.63, 3.8) is 0 Å². The van der Waals surface area contributed by atoms with E-state index in [0.717, 1.165) is 19.6 Å². The van der Waals surface area contributed by atoms with Crippen molar-refractivity contribution in [2.75, 3.05) is 26.3 Å². The Labute approximate surface area is 120 Å². The molecule has 0 aromatic heterocycles. The molecule has 2 aliphatic heterocycles. The molecule has 0 saturated carbocycles. The van der Waals surface area contributed by atoms with Gasteiger partial charge in [-0.2, -0.15) is 0 Å². The van der Waals surface area contributed by atoms with Crippen LogP contribution in [0.3, 0.4) is 0 Å². The predicted molar refractivity (Wildman–Crippen MR) is 78.5 cm³/mol. The lowest BCUT2D eigenvalue weighted by Crippen LogP contribution is -2.51. The number of rotatable bonds is 4. The fraction of sp³-hybridized carbons (Fsp3) is 0.625. The van der Waals surface area contributed by atoms with Gasteiger partial charge in [0.05, 0.1) is 25.4 Å². The molecule has 2 saturated heterocycles. The van der Waals surface area contributed by atoms with Gasteiger partial charge in [0.15, 0.2) is 0 Å². The molecule has 2 N–H and O–H groups in total. The van der Waals surface area contributed by atoms with Gasteiger partial charge >= 0.3 is 0 Å². The van der Waals surface area contributed by atoms with Crippen molar-refractivity contribution in [1.82, 2.24) is 10.2 Å². The quantitative estimate of drug-likeness (QED) is 0.861. The first-order valence-electron chi connectivity index (χ1n) is 7.59. The average Bonchev–Trinajstić information content (AvgIpc) is 2.86. The summed E-state index contributed by atoms with van der Waals surface area (Å²) in [6.07, 6.45) is 2.06. The molecule has 4 heteroatoms. The van der Waals surface area contributed by atoms with Gasteiger partial charge in [0, 0.05) is 19.1 Å². The van der Waals surface area contributed by atoms with Crippen molar-refractivity contribution in [1.29, 1.82) is 0 Å². The van der Waals surface area contributed by atoms with Crippen molar-refractivity contribution >= 4 is 0 Å². The Bertz CT molecular complexity index is 412. The summed E-state index contributed by atoms with van der Waals surface area (Å²) in [5.74, 6) is 0. The van der Waals surface area contributed by atoms with Gasteiger partial charge in [0.2, 0.25) is 0 Å². The zero-order valence-electron chi connectivity index (χ0n) is 11.9. The highest BCUT2D eigenvalue weighted by atomic mass is 16.5. The monoisotopic (exact) mass is 276 g/mol. The first kappa shape index (κ1) is 14.0. The molecule has 0 radical (unpaired) electrons. The van der Waals surface area contributed by atoms with E-state index in [2.05, 4.69) is 40.5 Å². The van der Waals surface area contributed by atoms with Crippen LogP contribution in [-0.2, 0) is 11.3 Å². The Kier molecular flexibility index (Phi) is 4.68. The van der Waals surface area contributed by atoms with Gasteiger partial charge in [-0.15, -0.1) is 0 Å². The molecule has 3 atom stereocenters. The van der Waals surface area contributed by atoms with Crippen LogP contribution in [0.4, 0.5) is 0 Å². The van der Waals surface area contributed by atoms with Crippen LogP contribution in [0, 0.1) is 0 Å². The van der Waals surface area contributed by atoms with Crippen LogP contribution < -0.4 is 5.32 Å². The van der Waals surface area contributed by atoms with Crippen LogP contribution in [-0.4, -0.2) is 54.5 Å². The van der Waals surface area contributed by atoms with Crippen LogP contribution in [0.5, 0.6) is 0 Å². The maximum atomic E-state index is 9.82. The van der Waals surface area contributed by atoms with E-state index < -0.39 is 0 Å². The molecule has 110 valence electrons. The van der Waals surface area contributed by atoms with Crippen molar-refractivity contribution < 1.29 is 9.84 Å². The highest BCUT2D eigenvalue weighted by molar-refractivity contribution is 5.14. The standard InChI is InChI=1S/C16H24N2O2/c19-16-12-20-11-15(16)17-14-7-4-8-18(10-14)9-13-5-2-1-3-6-13/h1-3,5-6,14-17,19H,4,7-12H2. The smallest absolute Gasteiger partial charge is 0.0948 e. The molecule has 0 spiro atoms. The summed E-state index contributed by atoms with van der Waals surface area (Å²) in [6, 6.07) is 11.2. The number of likely N-dealkylation sites (tertiary alicyclic amines) is 1. The van der Waals surface area contributed by atoms with E-state index in [0.29, 0.717) is 19.3 Å². The largest absolute Gasteiger partial charge is 0.389 e. The molecule has 0 aliphatic carbocycles. The highest BCUT2D eigenvalue weighted by Crippen LogP contribution is 2.16. The third kappa shape index (κ3) is 3.58. The van der Waals surface area contributed by atoms with E-state index in [1.54, 1.807) is 0 Å². The molecule has 3 unspecified atom stereocenters. The molecule has 2 fully saturated rings. The van der Waals surface area contributed by atoms with Crippen LogP contribution >= 0.6 is 0 Å². The first-order chi connectivity index (χ1) is 9.81. The van der Waals surface area contributed by atoms with E-state index in [9.17, 15) is 5.11 Å². The van der Waals surface area contributed by atoms with Crippen LogP contribution in [0.2, 0.25) is 0 Å². The number of hydrogen-bond donors (Lipinski definition) is 2. The zero-order valence-corrected chi connectivity index (χ0v) is 11.9. The van der Waals surface area contributed by atoms with E-state index in [4.69, 9.17) is 4.74 Å². The summed E-state index contributed by atoms with van der Waals surface area (Å²) in [5, 5.41) is 13.4. The zero-order chi connectivity index (χ0) is 13.8. The van der Waals surface area contributed by atoms with E-state index in [-0.39, 0.29) is 12.1 Å². The fourth-order valence-electron chi connectivity index (χ4n) is 3.18. The molecule has 1 aromatic carbocycles. The second-order valence-electron chi connectivity index (χ2n) is 5.94. The number of hydrogen-bond acceptors (Lipinski definition) is 4. The van der Waals surface area contributed by atoms with Gasteiger partial charge in [0.25, 0.3) is 0 Å². The van der Waals surface area contributed by atoms with E-state index in [1.807, 2.05) is 0 Å². The molecule has 1 aromatic rings. The minimum absolute atomic E-state index is 0.108. The van der Waals surface area contributed by atoms with Crippen LogP contribution in [0.25, 0.3) is 0 Å². The normalized spacial score (nSPS) is 31.6. The minimum Gasteiger partial charge on any atom is -0.389 e. The molecule has 3 rings (SSSR count). The predicted octanol–water partition coefficient (Wildman–Crippen LogP) is 1.00. The lowest BCUT2D eigenvalue weighted by atomic mass is 10.0. The minimum atomic E-state index is -0.348. The third-order valence-electron chi connectivity index (χ3n) is 4.25. The third-order valence-corrected chi connectivity index (χ3v) is 4.25. The Morgan fingerprint density at radius 1 is 1.25 bits per heavy atom. The summed E-state index contributed by atoms with van der Waals surface area (Å²) in [6.45, 7) is 4.34. The van der Waals surface area contributed by atoms with Gasteiger partial charge in [-0.25, -0.2) is 0 Å². The number of nitrogens with zero attached hydrogens (tertiary/aromatic N) is 1. The van der Waals surface area contributed by atoms with E-state index in [1.165, 1.54) is 18.4 Å². The van der Waals surface area contributed by atoms with E-state index >= 15 is 0 Å². The molecular formula is C16H24N2O2. The molecule has 0 bridgehead atoms. The second kappa shape index (κ2) is 6.68. The van der Waals surface area contributed by atoms with Crippen molar-refractivity contribution in [2.24, 2.45) is 0 Å². The fourth-order valence-corrected chi connectivity index (χ4v) is 3.18. The summed E-state index contributed by atoms with van der Waals surface area (Å²) >= 11 is 0. The lowest BCUT2D eigenvalue weighted by Gasteiger charge is -2.35. The SMILES string of the molecule is OC1COCC1NC1CCCN(Cc2ccccc2)C1. The number of aliphatic hydroxyl groups excluding tert-OH is 1. The van der Waals surface area contributed by atoms with Gasteiger partial charge in [-0.1, -0.05) is 30.3 Å². The number of benzene rings is 1. The highest BCUT2D eigenvalue weighted by Gasteiger charge is 2.29. The molecule has 2 aliphatic rings. The molecular weight excluding hydrogens is 252 g/mol. The summed E-state index contributed by atoms with van der Waals surface area (Å²) < 4.78 is 5.31. The van der Waals surface area contributed by atoms with Gasteiger partial charge in [-0.3, -0.25) is 4.90 Å². The maximum Gasteiger partial charge on any atom is 0.0948 e. The molecule has 20 heavy (non-hydrogen) atoms. The van der Waals surface area contributed by atoms with Gasteiger partial charge in [0.1, 0.15) is 0 Å². The Morgan fingerprint density at radius 2 is 2.10 bits per heavy atom. The van der Waals surface area contributed by atoms with Crippen molar-refractivity contribution in [2.45, 2.75) is 37.6 Å². The first-order valence-corrected chi connectivity index (χ1v) is 7.59. The van der Waals surface area contributed by atoms with Crippen molar-refractivity contribution in [3.05, 3.63) is 35.9 Å². The molecule has 4 nitrogen and oxygen atoms in total. The number of nitrogens with one attached hydrogen (secondary N) is 1. The Balaban J connectivity index is 1.51. The topological polar surface area (TPSA) is 44.7 Å². The maximum absolute atomic E-state index is 9.82. The van der Waals surface area contributed by atoms with Crippen LogP contribution in [0.15, 0.2) is 30.3 Å². The second-order valence-corrected chi connectivity index (χ2v) is 5.94. The number of piperidine rings is 1. The van der Waals surface area contributed by atoms with Crippen LogP contribution in [0.1, 0.15) is 18.4 Å². The Morgan fingerprint density at radius 3 is 2.85 bits per heavy atom. The van der Waals surface area contributed by atoms with Gasteiger partial charge < -0.3 is 15.2 Å². The Hall–Kier alpha value is -0.940. The summed E-state index contributed by atoms with van der Waals surface area (Å²) in [4.78, 5) is 2.50. The summed E-state index contributed by atoms with van der Waals surface area (Å²) in [5.41, 5.74) is 1.37. The molecule has 0 amide bonds. The van der Waals surface area contributed by atoms with Gasteiger partial charge in [-0.05, 0) is 24.9 Å². The number of aliphatic hydroxyl groups is 1. The van der Waals surface area contributed by atoms with Crippen molar-refractivity contribution in [3.8, 4) is 0 Å². The average molecular weight is 276 g/mol. The lowest BCUT2D eigenvalue weighted by molar-refractivity contribution is 0.115. The number of ether oxygens (including phenoxy) is 1. The summed E-state index contributed by atoms with van der Waals surface area (Å²) in [7, 11) is 0. The molecule has 2 heterocycles.